The molecule has 1 aromatic carbocycles. The van der Waals surface area contributed by atoms with Gasteiger partial charge in [0, 0.05) is 19.2 Å². The van der Waals surface area contributed by atoms with Gasteiger partial charge in [-0.3, -0.25) is 4.79 Å². The normalized spacial score (nSPS) is 27.8. The second-order valence-corrected chi connectivity index (χ2v) is 6.44. The molecule has 3 unspecified atom stereocenters. The van der Waals surface area contributed by atoms with Crippen LogP contribution in [0.25, 0.3) is 0 Å². The summed E-state index contributed by atoms with van der Waals surface area (Å²) in [6.07, 6.45) is 5.87. The number of carbonyl (C=O) groups is 1. The summed E-state index contributed by atoms with van der Waals surface area (Å²) >= 11 is 0. The van der Waals surface area contributed by atoms with Gasteiger partial charge in [0.2, 0.25) is 5.91 Å². The highest BCUT2D eigenvalue weighted by molar-refractivity contribution is 5.88. The second kappa shape index (κ2) is 5.96. The van der Waals surface area contributed by atoms with E-state index in [2.05, 4.69) is 22.8 Å². The highest BCUT2D eigenvalue weighted by Crippen LogP contribution is 2.47. The van der Waals surface area contributed by atoms with Crippen LogP contribution in [0.5, 0.6) is 0 Å². The Hall–Kier alpha value is -1.35. The smallest absolute Gasteiger partial charge is 0.221 e. The summed E-state index contributed by atoms with van der Waals surface area (Å²) in [4.78, 5) is 11.0. The highest BCUT2D eigenvalue weighted by Gasteiger charge is 2.38. The van der Waals surface area contributed by atoms with Gasteiger partial charge >= 0.3 is 0 Å². The number of carbonyl (C=O) groups excluding carboxylic acids is 1. The van der Waals surface area contributed by atoms with Gasteiger partial charge in [-0.25, -0.2) is 0 Å². The molecule has 0 heterocycles. The summed E-state index contributed by atoms with van der Waals surface area (Å²) in [5, 5.41) is 6.39. The van der Waals surface area contributed by atoms with Gasteiger partial charge < -0.3 is 10.6 Å². The Morgan fingerprint density at radius 3 is 2.60 bits per heavy atom. The third-order valence-corrected chi connectivity index (χ3v) is 4.89. The zero-order valence-corrected chi connectivity index (χ0v) is 12.2. The van der Waals surface area contributed by atoms with Crippen LogP contribution in [0.2, 0.25) is 0 Å². The predicted molar refractivity (Wildman–Crippen MR) is 81.4 cm³/mol. The zero-order valence-electron chi connectivity index (χ0n) is 12.2. The maximum absolute atomic E-state index is 11.0. The maximum atomic E-state index is 11.0. The molecular formula is C17H24N2O. The summed E-state index contributed by atoms with van der Waals surface area (Å²) in [5.41, 5.74) is 2.15. The molecule has 108 valence electrons. The van der Waals surface area contributed by atoms with Crippen LogP contribution in [-0.4, -0.2) is 12.5 Å². The molecule has 0 spiro atoms. The van der Waals surface area contributed by atoms with Gasteiger partial charge in [-0.1, -0.05) is 18.6 Å². The summed E-state index contributed by atoms with van der Waals surface area (Å²) in [5.74, 6) is 2.91. The number of fused-ring (bicyclic) bond motifs is 2. The van der Waals surface area contributed by atoms with E-state index >= 15 is 0 Å². The minimum absolute atomic E-state index is 0.0211. The minimum atomic E-state index is -0.0211. The van der Waals surface area contributed by atoms with Crippen LogP contribution in [0.1, 0.15) is 38.2 Å². The molecule has 1 amide bonds. The molecule has 2 N–H and O–H groups in total. The molecule has 0 saturated heterocycles. The Balaban J connectivity index is 1.43. The van der Waals surface area contributed by atoms with Crippen molar-refractivity contribution in [3.8, 4) is 0 Å². The maximum Gasteiger partial charge on any atom is 0.221 e. The molecule has 0 aliphatic heterocycles. The van der Waals surface area contributed by atoms with E-state index in [1.54, 1.807) is 0 Å². The molecule has 3 heteroatoms. The fourth-order valence-electron chi connectivity index (χ4n) is 3.94. The predicted octanol–water partition coefficient (Wildman–Crippen LogP) is 3.17. The van der Waals surface area contributed by atoms with Crippen molar-refractivity contribution in [1.82, 2.24) is 5.32 Å². The summed E-state index contributed by atoms with van der Waals surface area (Å²) in [7, 11) is 0. The van der Waals surface area contributed by atoms with E-state index in [9.17, 15) is 4.79 Å². The van der Waals surface area contributed by atoms with E-state index in [0.29, 0.717) is 0 Å². The quantitative estimate of drug-likeness (QED) is 0.864. The van der Waals surface area contributed by atoms with Gasteiger partial charge in [-0.05, 0) is 61.3 Å². The number of amides is 1. The first-order valence-electron chi connectivity index (χ1n) is 7.78. The minimum Gasteiger partial charge on any atom is -0.326 e. The Labute approximate surface area is 121 Å². The fourth-order valence-corrected chi connectivity index (χ4v) is 3.94. The van der Waals surface area contributed by atoms with Crippen molar-refractivity contribution in [3.63, 3.8) is 0 Å². The summed E-state index contributed by atoms with van der Waals surface area (Å²) in [6, 6.07) is 8.10. The van der Waals surface area contributed by atoms with Crippen LogP contribution in [0.3, 0.4) is 0 Å². The summed E-state index contributed by atoms with van der Waals surface area (Å²) < 4.78 is 0. The van der Waals surface area contributed by atoms with Crippen LogP contribution in [-0.2, 0) is 11.3 Å². The van der Waals surface area contributed by atoms with E-state index in [-0.39, 0.29) is 5.91 Å². The number of hydrogen-bond acceptors (Lipinski definition) is 2. The van der Waals surface area contributed by atoms with E-state index in [4.69, 9.17) is 0 Å². The zero-order chi connectivity index (χ0) is 13.9. The average molecular weight is 272 g/mol. The number of benzene rings is 1. The first kappa shape index (κ1) is 13.6. The van der Waals surface area contributed by atoms with Gasteiger partial charge in [-0.2, -0.15) is 0 Å². The van der Waals surface area contributed by atoms with E-state index < -0.39 is 0 Å². The van der Waals surface area contributed by atoms with E-state index in [1.807, 2.05) is 12.1 Å². The lowest BCUT2D eigenvalue weighted by Gasteiger charge is -2.21. The van der Waals surface area contributed by atoms with Crippen LogP contribution < -0.4 is 10.6 Å². The van der Waals surface area contributed by atoms with Crippen molar-refractivity contribution in [1.29, 1.82) is 0 Å². The third-order valence-electron chi connectivity index (χ3n) is 4.89. The number of rotatable bonds is 5. The number of hydrogen-bond donors (Lipinski definition) is 2. The van der Waals surface area contributed by atoms with Gasteiger partial charge in [0.1, 0.15) is 0 Å². The SMILES string of the molecule is CC(=O)Nc1ccc(CNCC2CC3CCC2C3)cc1. The van der Waals surface area contributed by atoms with E-state index in [0.717, 1.165) is 36.5 Å². The lowest BCUT2D eigenvalue weighted by atomic mass is 9.89. The molecule has 3 nitrogen and oxygen atoms in total. The number of anilines is 1. The molecule has 20 heavy (non-hydrogen) atoms. The van der Waals surface area contributed by atoms with Crippen LogP contribution in [0, 0.1) is 17.8 Å². The Bertz CT molecular complexity index is 468. The summed E-state index contributed by atoms with van der Waals surface area (Å²) in [6.45, 7) is 3.62. The topological polar surface area (TPSA) is 41.1 Å². The van der Waals surface area contributed by atoms with Crippen molar-refractivity contribution < 1.29 is 4.79 Å². The fraction of sp³-hybridized carbons (Fsp3) is 0.588. The van der Waals surface area contributed by atoms with Gasteiger partial charge in [-0.15, -0.1) is 0 Å². The van der Waals surface area contributed by atoms with Crippen molar-refractivity contribution in [2.24, 2.45) is 17.8 Å². The molecular weight excluding hydrogens is 248 g/mol. The Morgan fingerprint density at radius 1 is 1.20 bits per heavy atom. The largest absolute Gasteiger partial charge is 0.326 e. The molecule has 1 aromatic rings. The van der Waals surface area contributed by atoms with Gasteiger partial charge in [0.15, 0.2) is 0 Å². The van der Waals surface area contributed by atoms with Crippen LogP contribution in [0.15, 0.2) is 24.3 Å². The standard InChI is InChI=1S/C17H24N2O/c1-12(20)19-17-6-3-13(4-7-17)10-18-11-16-9-14-2-5-15(16)8-14/h3-4,6-7,14-16,18H,2,5,8-11H2,1H3,(H,19,20). The van der Waals surface area contributed by atoms with Gasteiger partial charge in [0.25, 0.3) is 0 Å². The average Bonchev–Trinajstić information content (AvgIpc) is 3.02. The lowest BCUT2D eigenvalue weighted by Crippen LogP contribution is -2.26. The van der Waals surface area contributed by atoms with Crippen LogP contribution >= 0.6 is 0 Å². The van der Waals surface area contributed by atoms with E-state index in [1.165, 1.54) is 38.2 Å². The Morgan fingerprint density at radius 2 is 2.00 bits per heavy atom. The first-order valence-corrected chi connectivity index (χ1v) is 7.78. The highest BCUT2D eigenvalue weighted by atomic mass is 16.1. The van der Waals surface area contributed by atoms with Crippen molar-refractivity contribution >= 4 is 11.6 Å². The van der Waals surface area contributed by atoms with Crippen molar-refractivity contribution in [3.05, 3.63) is 29.8 Å². The molecule has 3 rings (SSSR count). The molecule has 2 fully saturated rings. The monoisotopic (exact) mass is 272 g/mol. The third kappa shape index (κ3) is 3.21. The van der Waals surface area contributed by atoms with Gasteiger partial charge in [0.05, 0.1) is 0 Å². The molecule has 3 atom stereocenters. The van der Waals surface area contributed by atoms with Crippen molar-refractivity contribution in [2.45, 2.75) is 39.2 Å². The molecule has 0 radical (unpaired) electrons. The second-order valence-electron chi connectivity index (χ2n) is 6.44. The molecule has 2 bridgehead atoms. The molecule has 0 aromatic heterocycles. The van der Waals surface area contributed by atoms with Crippen LogP contribution in [0.4, 0.5) is 5.69 Å². The molecule has 2 aliphatic rings. The lowest BCUT2D eigenvalue weighted by molar-refractivity contribution is -0.114. The number of nitrogens with one attached hydrogen (secondary N) is 2. The van der Waals surface area contributed by atoms with Crippen molar-refractivity contribution in [2.75, 3.05) is 11.9 Å². The molecule has 2 saturated carbocycles. The molecule has 2 aliphatic carbocycles. The first-order chi connectivity index (χ1) is 9.70. The Kier molecular flexibility index (Phi) is 4.06.